The average Bonchev–Trinajstić information content (AvgIpc) is 2.62. The first-order chi connectivity index (χ1) is 7.90. The highest BCUT2D eigenvalue weighted by atomic mass is 32.2. The number of carbonyl (C=O) groups excluding carboxylic acids is 2. The maximum atomic E-state index is 11.7. The quantitative estimate of drug-likeness (QED) is 0.722. The predicted octanol–water partition coefficient (Wildman–Crippen LogP) is 2.40. The van der Waals surface area contributed by atoms with Crippen molar-refractivity contribution in [3.8, 4) is 0 Å². The molecule has 17 heavy (non-hydrogen) atoms. The van der Waals surface area contributed by atoms with Crippen molar-refractivity contribution in [2.24, 2.45) is 0 Å². The first kappa shape index (κ1) is 14.9. The van der Waals surface area contributed by atoms with E-state index in [-0.39, 0.29) is 16.6 Å². The van der Waals surface area contributed by atoms with Crippen LogP contribution in [-0.4, -0.2) is 45.3 Å². The lowest BCUT2D eigenvalue weighted by atomic mass is 10.3. The molecular formula is C12H21NO2S2. The largest absolute Gasteiger partial charge is 0.282 e. The van der Waals surface area contributed by atoms with Gasteiger partial charge in [0.05, 0.1) is 5.75 Å². The van der Waals surface area contributed by atoms with Crippen molar-refractivity contribution < 1.29 is 9.59 Å². The summed E-state index contributed by atoms with van der Waals surface area (Å²) in [6.45, 7) is 7.19. The van der Waals surface area contributed by atoms with Crippen molar-refractivity contribution in [1.82, 2.24) is 4.90 Å². The molecule has 1 aliphatic rings. The van der Waals surface area contributed by atoms with Gasteiger partial charge in [0.15, 0.2) is 0 Å². The molecule has 0 unspecified atom stereocenters. The van der Waals surface area contributed by atoms with Gasteiger partial charge in [-0.05, 0) is 6.42 Å². The van der Waals surface area contributed by atoms with Gasteiger partial charge in [-0.1, -0.05) is 20.8 Å². The second-order valence-electron chi connectivity index (χ2n) is 5.06. The third kappa shape index (κ3) is 5.82. The molecule has 5 heteroatoms. The van der Waals surface area contributed by atoms with Gasteiger partial charge < -0.3 is 0 Å². The molecular weight excluding hydrogens is 254 g/mol. The lowest BCUT2D eigenvalue weighted by Gasteiger charge is -2.17. The minimum atomic E-state index is -0.0155. The monoisotopic (exact) mass is 275 g/mol. The molecule has 0 N–H and O–H groups in total. The Morgan fingerprint density at radius 2 is 2.06 bits per heavy atom. The molecule has 0 saturated carbocycles. The first-order valence-corrected chi connectivity index (χ1v) is 8.09. The minimum absolute atomic E-state index is 0.000309. The predicted molar refractivity (Wildman–Crippen MR) is 75.5 cm³/mol. The van der Waals surface area contributed by atoms with Crippen molar-refractivity contribution >= 4 is 35.3 Å². The Bertz CT molecular complexity index is 287. The van der Waals surface area contributed by atoms with Crippen LogP contribution < -0.4 is 0 Å². The third-order valence-corrected chi connectivity index (χ3v) is 4.84. The molecule has 0 aliphatic carbocycles. The number of carbonyl (C=O) groups is 2. The van der Waals surface area contributed by atoms with Crippen LogP contribution in [0.2, 0.25) is 0 Å². The van der Waals surface area contributed by atoms with E-state index in [9.17, 15) is 9.59 Å². The third-order valence-electron chi connectivity index (χ3n) is 2.36. The van der Waals surface area contributed by atoms with Crippen LogP contribution in [0.3, 0.4) is 0 Å². The number of thioether (sulfide) groups is 2. The Kier molecular flexibility index (Phi) is 5.86. The van der Waals surface area contributed by atoms with Crippen LogP contribution in [0.4, 0.5) is 0 Å². The van der Waals surface area contributed by atoms with Crippen LogP contribution >= 0.6 is 23.5 Å². The van der Waals surface area contributed by atoms with E-state index >= 15 is 0 Å². The highest BCUT2D eigenvalue weighted by molar-refractivity contribution is 8.03. The SMILES string of the molecule is CC(C)(C)SCCSCC(=O)N1CCCC1=O. The molecule has 1 saturated heterocycles. The number of nitrogens with zero attached hydrogens (tertiary/aromatic N) is 1. The number of hydrogen-bond donors (Lipinski definition) is 0. The summed E-state index contributed by atoms with van der Waals surface area (Å²) in [6, 6.07) is 0. The summed E-state index contributed by atoms with van der Waals surface area (Å²) in [6.07, 6.45) is 1.37. The normalized spacial score (nSPS) is 16.6. The van der Waals surface area contributed by atoms with E-state index in [0.29, 0.717) is 18.7 Å². The van der Waals surface area contributed by atoms with Crippen LogP contribution in [-0.2, 0) is 9.59 Å². The van der Waals surface area contributed by atoms with Gasteiger partial charge in [0, 0.05) is 29.2 Å². The van der Waals surface area contributed by atoms with E-state index < -0.39 is 0 Å². The Morgan fingerprint density at radius 1 is 1.35 bits per heavy atom. The summed E-state index contributed by atoms with van der Waals surface area (Å²) in [5, 5.41) is 0. The Morgan fingerprint density at radius 3 is 2.59 bits per heavy atom. The topological polar surface area (TPSA) is 37.4 Å². The summed E-state index contributed by atoms with van der Waals surface area (Å²) in [5.74, 6) is 2.44. The summed E-state index contributed by atoms with van der Waals surface area (Å²) in [5.41, 5.74) is 0. The van der Waals surface area contributed by atoms with Gasteiger partial charge >= 0.3 is 0 Å². The number of rotatable bonds is 5. The maximum Gasteiger partial charge on any atom is 0.239 e. The van der Waals surface area contributed by atoms with Crippen LogP contribution in [0.1, 0.15) is 33.6 Å². The second-order valence-corrected chi connectivity index (χ2v) is 8.08. The van der Waals surface area contributed by atoms with Crippen LogP contribution in [0.15, 0.2) is 0 Å². The van der Waals surface area contributed by atoms with Crippen LogP contribution in [0, 0.1) is 0 Å². The molecule has 0 radical (unpaired) electrons. The number of hydrogen-bond acceptors (Lipinski definition) is 4. The van der Waals surface area contributed by atoms with E-state index in [1.54, 1.807) is 11.8 Å². The summed E-state index contributed by atoms with van der Waals surface area (Å²) >= 11 is 3.53. The zero-order chi connectivity index (χ0) is 12.9. The number of imide groups is 1. The molecule has 0 aromatic carbocycles. The molecule has 0 bridgehead atoms. The first-order valence-electron chi connectivity index (χ1n) is 5.95. The van der Waals surface area contributed by atoms with Gasteiger partial charge in [-0.3, -0.25) is 14.5 Å². The molecule has 0 aromatic heterocycles. The Balaban J connectivity index is 2.10. The molecule has 0 spiro atoms. The smallest absolute Gasteiger partial charge is 0.239 e. The Hall–Kier alpha value is -0.160. The van der Waals surface area contributed by atoms with Gasteiger partial charge in [0.2, 0.25) is 11.8 Å². The van der Waals surface area contributed by atoms with Crippen molar-refractivity contribution in [3.63, 3.8) is 0 Å². The molecule has 1 heterocycles. The number of amides is 2. The van der Waals surface area contributed by atoms with E-state index in [1.165, 1.54) is 4.90 Å². The van der Waals surface area contributed by atoms with Gasteiger partial charge in [0.25, 0.3) is 0 Å². The lowest BCUT2D eigenvalue weighted by molar-refractivity contribution is -0.140. The molecule has 2 amide bonds. The molecule has 3 nitrogen and oxygen atoms in total. The summed E-state index contributed by atoms with van der Waals surface area (Å²) in [4.78, 5) is 24.4. The minimum Gasteiger partial charge on any atom is -0.282 e. The highest BCUT2D eigenvalue weighted by Gasteiger charge is 2.25. The zero-order valence-electron chi connectivity index (χ0n) is 10.8. The van der Waals surface area contributed by atoms with Gasteiger partial charge in [-0.25, -0.2) is 0 Å². The zero-order valence-corrected chi connectivity index (χ0v) is 12.5. The van der Waals surface area contributed by atoms with E-state index in [1.807, 2.05) is 11.8 Å². The molecule has 98 valence electrons. The standard InChI is InChI=1S/C12H21NO2S2/c1-12(2,3)17-8-7-16-9-11(15)13-6-4-5-10(13)14/h4-9H2,1-3H3. The van der Waals surface area contributed by atoms with Crippen molar-refractivity contribution in [2.75, 3.05) is 23.8 Å². The molecule has 1 rings (SSSR count). The van der Waals surface area contributed by atoms with Crippen molar-refractivity contribution in [3.05, 3.63) is 0 Å². The fourth-order valence-corrected chi connectivity index (χ4v) is 3.45. The van der Waals surface area contributed by atoms with Gasteiger partial charge in [0.1, 0.15) is 0 Å². The van der Waals surface area contributed by atoms with Crippen molar-refractivity contribution in [2.45, 2.75) is 38.4 Å². The molecule has 1 fully saturated rings. The second kappa shape index (κ2) is 6.69. The van der Waals surface area contributed by atoms with Crippen molar-refractivity contribution in [1.29, 1.82) is 0 Å². The molecule has 1 aliphatic heterocycles. The van der Waals surface area contributed by atoms with E-state index in [2.05, 4.69) is 20.8 Å². The maximum absolute atomic E-state index is 11.7. The molecule has 0 atom stereocenters. The fourth-order valence-electron chi connectivity index (χ4n) is 1.56. The van der Waals surface area contributed by atoms with Gasteiger partial charge in [-0.2, -0.15) is 23.5 Å². The van der Waals surface area contributed by atoms with E-state index in [0.717, 1.165) is 17.9 Å². The fraction of sp³-hybridized carbons (Fsp3) is 0.833. The van der Waals surface area contributed by atoms with Crippen LogP contribution in [0.5, 0.6) is 0 Å². The molecule has 0 aromatic rings. The van der Waals surface area contributed by atoms with Crippen LogP contribution in [0.25, 0.3) is 0 Å². The van der Waals surface area contributed by atoms with Gasteiger partial charge in [-0.15, -0.1) is 0 Å². The average molecular weight is 275 g/mol. The Labute approximate surface area is 112 Å². The highest BCUT2D eigenvalue weighted by Crippen LogP contribution is 2.24. The number of likely N-dealkylation sites (tertiary alicyclic amines) is 1. The summed E-state index contributed by atoms with van der Waals surface area (Å²) < 4.78 is 0.287. The summed E-state index contributed by atoms with van der Waals surface area (Å²) in [7, 11) is 0. The lowest BCUT2D eigenvalue weighted by Crippen LogP contribution is -2.33. The van der Waals surface area contributed by atoms with E-state index in [4.69, 9.17) is 0 Å².